The van der Waals surface area contributed by atoms with Crippen LogP contribution in [0.5, 0.6) is 0 Å². The van der Waals surface area contributed by atoms with Crippen molar-refractivity contribution < 1.29 is 4.79 Å². The molecule has 0 unspecified atom stereocenters. The van der Waals surface area contributed by atoms with E-state index in [2.05, 4.69) is 33.0 Å². The van der Waals surface area contributed by atoms with Crippen molar-refractivity contribution in [2.45, 2.75) is 12.8 Å². The molecule has 1 aromatic heterocycles. The Balaban J connectivity index is 2.29. The van der Waals surface area contributed by atoms with E-state index < -0.39 is 0 Å². The smallest absolute Gasteiger partial charge is 0.254 e. The van der Waals surface area contributed by atoms with Crippen molar-refractivity contribution >= 4 is 28.5 Å². The predicted molar refractivity (Wildman–Crippen MR) is 63.7 cm³/mol. The van der Waals surface area contributed by atoms with Gasteiger partial charge in [-0.1, -0.05) is 22.6 Å². The van der Waals surface area contributed by atoms with Gasteiger partial charge in [0.25, 0.3) is 5.91 Å². The molecule has 0 saturated heterocycles. The summed E-state index contributed by atoms with van der Waals surface area (Å²) in [4.78, 5) is 11.5. The first-order valence-electron chi connectivity index (χ1n) is 4.57. The molecule has 0 fully saturated rings. The van der Waals surface area contributed by atoms with E-state index in [0.717, 1.165) is 23.8 Å². The summed E-state index contributed by atoms with van der Waals surface area (Å²) in [7, 11) is 1.80. The molecule has 1 rings (SSSR count). The van der Waals surface area contributed by atoms with Crippen LogP contribution in [-0.2, 0) is 7.05 Å². The Labute approximate surface area is 97.2 Å². The minimum atomic E-state index is -0.0356. The Hall–Kier alpha value is -0.590. The van der Waals surface area contributed by atoms with Gasteiger partial charge in [-0.3, -0.25) is 9.48 Å². The zero-order chi connectivity index (χ0) is 10.4. The van der Waals surface area contributed by atoms with Gasteiger partial charge in [-0.2, -0.15) is 5.10 Å². The van der Waals surface area contributed by atoms with Crippen molar-refractivity contribution in [1.82, 2.24) is 15.1 Å². The van der Waals surface area contributed by atoms with Gasteiger partial charge in [-0.05, 0) is 17.3 Å². The zero-order valence-corrected chi connectivity index (χ0v) is 10.3. The number of aryl methyl sites for hydroxylation is 1. The lowest BCUT2D eigenvalue weighted by molar-refractivity contribution is 0.0953. The summed E-state index contributed by atoms with van der Waals surface area (Å²) < 4.78 is 2.76. The van der Waals surface area contributed by atoms with E-state index >= 15 is 0 Å². The van der Waals surface area contributed by atoms with Gasteiger partial charge in [0.2, 0.25) is 0 Å². The van der Waals surface area contributed by atoms with Crippen LogP contribution >= 0.6 is 22.6 Å². The maximum atomic E-state index is 11.5. The predicted octanol–water partition coefficient (Wildman–Crippen LogP) is 1.37. The van der Waals surface area contributed by atoms with Crippen molar-refractivity contribution in [3.63, 3.8) is 0 Å². The third-order valence-corrected chi connectivity index (χ3v) is 2.58. The van der Waals surface area contributed by atoms with Gasteiger partial charge >= 0.3 is 0 Å². The molecule has 78 valence electrons. The number of nitrogens with zero attached hydrogens (tertiary/aromatic N) is 2. The minimum Gasteiger partial charge on any atom is -0.352 e. The molecule has 0 bridgehead atoms. The third-order valence-electron chi connectivity index (χ3n) is 1.81. The summed E-state index contributed by atoms with van der Waals surface area (Å²) in [5.41, 5.74) is 0.627. The van der Waals surface area contributed by atoms with Crippen LogP contribution in [0.2, 0.25) is 0 Å². The summed E-state index contributed by atoms with van der Waals surface area (Å²) in [6.45, 7) is 0.747. The Bertz CT molecular complexity index is 298. The Morgan fingerprint density at radius 3 is 3.00 bits per heavy atom. The van der Waals surface area contributed by atoms with Gasteiger partial charge in [-0.25, -0.2) is 0 Å². The quantitative estimate of drug-likeness (QED) is 0.507. The van der Waals surface area contributed by atoms with E-state index in [1.54, 1.807) is 24.1 Å². The molecule has 0 aliphatic rings. The first kappa shape index (κ1) is 11.5. The second kappa shape index (κ2) is 6.00. The molecule has 0 atom stereocenters. The lowest BCUT2D eigenvalue weighted by Gasteiger charge is -2.01. The fourth-order valence-electron chi connectivity index (χ4n) is 1.06. The highest BCUT2D eigenvalue weighted by atomic mass is 127. The lowest BCUT2D eigenvalue weighted by Crippen LogP contribution is -2.24. The average molecular weight is 307 g/mol. The molecule has 0 aromatic carbocycles. The van der Waals surface area contributed by atoms with E-state index in [1.165, 1.54) is 0 Å². The fraction of sp³-hybridized carbons (Fsp3) is 0.556. The number of halogens is 1. The fourth-order valence-corrected chi connectivity index (χ4v) is 1.60. The number of carbonyl (C=O) groups is 1. The van der Waals surface area contributed by atoms with E-state index in [1.807, 2.05) is 0 Å². The highest BCUT2D eigenvalue weighted by Crippen LogP contribution is 1.97. The molecular formula is C9H14IN3O. The van der Waals surface area contributed by atoms with E-state index in [-0.39, 0.29) is 5.91 Å². The number of hydrogen-bond acceptors (Lipinski definition) is 2. The number of alkyl halides is 1. The maximum Gasteiger partial charge on any atom is 0.254 e. The second-order valence-electron chi connectivity index (χ2n) is 3.05. The highest BCUT2D eigenvalue weighted by molar-refractivity contribution is 14.1. The van der Waals surface area contributed by atoms with Crippen molar-refractivity contribution in [2.24, 2.45) is 7.05 Å². The van der Waals surface area contributed by atoms with Gasteiger partial charge in [0, 0.05) is 19.8 Å². The molecule has 0 spiro atoms. The monoisotopic (exact) mass is 307 g/mol. The van der Waals surface area contributed by atoms with Crippen molar-refractivity contribution in [3.8, 4) is 0 Å². The summed E-state index contributed by atoms with van der Waals surface area (Å²) in [5.74, 6) is -0.0356. The molecule has 1 aromatic rings. The van der Waals surface area contributed by atoms with E-state index in [0.29, 0.717) is 5.56 Å². The molecular weight excluding hydrogens is 293 g/mol. The number of unbranched alkanes of at least 4 members (excludes halogenated alkanes) is 1. The number of amides is 1. The second-order valence-corrected chi connectivity index (χ2v) is 4.13. The highest BCUT2D eigenvalue weighted by Gasteiger charge is 2.05. The number of aromatic nitrogens is 2. The Morgan fingerprint density at radius 2 is 2.43 bits per heavy atom. The van der Waals surface area contributed by atoms with Crippen LogP contribution in [0.15, 0.2) is 12.4 Å². The summed E-state index contributed by atoms with van der Waals surface area (Å²) in [6, 6.07) is 0. The zero-order valence-electron chi connectivity index (χ0n) is 8.16. The minimum absolute atomic E-state index is 0.0356. The van der Waals surface area contributed by atoms with Gasteiger partial charge < -0.3 is 5.32 Å². The first-order valence-corrected chi connectivity index (χ1v) is 6.09. The average Bonchev–Trinajstić information content (AvgIpc) is 2.59. The van der Waals surface area contributed by atoms with Crippen LogP contribution in [0, 0.1) is 0 Å². The van der Waals surface area contributed by atoms with Gasteiger partial charge in [0.15, 0.2) is 0 Å². The van der Waals surface area contributed by atoms with Crippen LogP contribution in [0.4, 0.5) is 0 Å². The number of hydrogen-bond donors (Lipinski definition) is 1. The normalized spacial score (nSPS) is 10.1. The van der Waals surface area contributed by atoms with Gasteiger partial charge in [0.1, 0.15) is 0 Å². The largest absolute Gasteiger partial charge is 0.352 e. The Morgan fingerprint density at radius 1 is 1.64 bits per heavy atom. The molecule has 0 aliphatic heterocycles. The molecule has 1 heterocycles. The van der Waals surface area contributed by atoms with Crippen LogP contribution in [-0.4, -0.2) is 26.7 Å². The summed E-state index contributed by atoms with van der Waals surface area (Å²) in [6.07, 6.45) is 5.48. The van der Waals surface area contributed by atoms with Crippen LogP contribution < -0.4 is 5.32 Å². The molecule has 0 radical (unpaired) electrons. The number of carbonyl (C=O) groups excluding carboxylic acids is 1. The van der Waals surface area contributed by atoms with Crippen molar-refractivity contribution in [2.75, 3.05) is 11.0 Å². The van der Waals surface area contributed by atoms with Crippen molar-refractivity contribution in [1.29, 1.82) is 0 Å². The van der Waals surface area contributed by atoms with Crippen LogP contribution in [0.3, 0.4) is 0 Å². The molecule has 4 nitrogen and oxygen atoms in total. The maximum absolute atomic E-state index is 11.5. The van der Waals surface area contributed by atoms with E-state index in [9.17, 15) is 4.79 Å². The number of rotatable bonds is 5. The van der Waals surface area contributed by atoms with Gasteiger partial charge in [-0.15, -0.1) is 0 Å². The first-order chi connectivity index (χ1) is 6.74. The SMILES string of the molecule is Cn1cc(C(=O)NCCCCI)cn1. The number of nitrogens with one attached hydrogen (secondary N) is 1. The lowest BCUT2D eigenvalue weighted by atomic mass is 10.3. The van der Waals surface area contributed by atoms with Crippen LogP contribution in [0.25, 0.3) is 0 Å². The molecule has 14 heavy (non-hydrogen) atoms. The summed E-state index contributed by atoms with van der Waals surface area (Å²) >= 11 is 2.33. The molecule has 1 N–H and O–H groups in total. The topological polar surface area (TPSA) is 46.9 Å². The Kier molecular flexibility index (Phi) is 4.92. The standard InChI is InChI=1S/C9H14IN3O/c1-13-7-8(6-12-13)9(14)11-5-3-2-4-10/h6-7H,2-5H2,1H3,(H,11,14). The molecule has 5 heteroatoms. The van der Waals surface area contributed by atoms with E-state index in [4.69, 9.17) is 0 Å². The third kappa shape index (κ3) is 3.65. The van der Waals surface area contributed by atoms with Crippen LogP contribution in [0.1, 0.15) is 23.2 Å². The molecule has 1 amide bonds. The molecule has 0 aliphatic carbocycles. The van der Waals surface area contributed by atoms with Crippen molar-refractivity contribution in [3.05, 3.63) is 18.0 Å². The summed E-state index contributed by atoms with van der Waals surface area (Å²) in [5, 5.41) is 6.79. The van der Waals surface area contributed by atoms with Gasteiger partial charge in [0.05, 0.1) is 11.8 Å². The molecule has 0 saturated carbocycles.